The topological polar surface area (TPSA) is 15.6 Å². The molecule has 0 bridgehead atoms. The molecule has 172 valence electrons. The zero-order chi connectivity index (χ0) is 24.3. The summed E-state index contributed by atoms with van der Waals surface area (Å²) in [7, 11) is -2.00. The maximum absolute atomic E-state index is 4.73. The van der Waals surface area contributed by atoms with E-state index in [1.807, 2.05) is 18.2 Å². The fourth-order valence-corrected chi connectivity index (χ4v) is 8.10. The molecule has 0 amide bonds. The molecule has 4 rings (SSSR count). The molecule has 2 aliphatic rings. The molecule has 0 aromatic heterocycles. The molecule has 2 nitrogen and oxygen atoms in total. The largest absolute Gasteiger partial charge is 0.364 e. The molecule has 0 atom stereocenters. The Morgan fingerprint density at radius 2 is 1.65 bits per heavy atom. The van der Waals surface area contributed by atoms with Crippen LogP contribution in [0.15, 0.2) is 114 Å². The molecular formula is C31H34N2Si. The van der Waals surface area contributed by atoms with E-state index >= 15 is 0 Å². The molecule has 34 heavy (non-hydrogen) atoms. The summed E-state index contributed by atoms with van der Waals surface area (Å²) in [4.78, 5) is 7.05. The van der Waals surface area contributed by atoms with Crippen LogP contribution in [0.2, 0.25) is 13.1 Å². The number of anilines is 1. The van der Waals surface area contributed by atoms with E-state index in [-0.39, 0.29) is 0 Å². The van der Waals surface area contributed by atoms with Crippen molar-refractivity contribution < 1.29 is 0 Å². The highest BCUT2D eigenvalue weighted by molar-refractivity contribution is 6.98. The van der Waals surface area contributed by atoms with Crippen molar-refractivity contribution in [1.29, 1.82) is 0 Å². The number of rotatable bonds is 8. The van der Waals surface area contributed by atoms with Crippen LogP contribution in [0.1, 0.15) is 16.7 Å². The van der Waals surface area contributed by atoms with Crippen molar-refractivity contribution in [3.8, 4) is 0 Å². The Labute approximate surface area is 205 Å². The molecule has 2 aromatic carbocycles. The van der Waals surface area contributed by atoms with Gasteiger partial charge >= 0.3 is 0 Å². The number of allylic oxidation sites excluding steroid dienone is 5. The molecule has 0 unspecified atom stereocenters. The van der Waals surface area contributed by atoms with E-state index in [1.165, 1.54) is 43.9 Å². The Kier molecular flexibility index (Phi) is 6.85. The van der Waals surface area contributed by atoms with Gasteiger partial charge in [-0.2, -0.15) is 0 Å². The van der Waals surface area contributed by atoms with Crippen LogP contribution in [0, 0.1) is 6.92 Å². The van der Waals surface area contributed by atoms with Crippen LogP contribution in [-0.2, 0) is 0 Å². The van der Waals surface area contributed by atoms with Gasteiger partial charge in [0.15, 0.2) is 0 Å². The number of nitrogens with zero attached hydrogens (tertiary/aromatic N) is 2. The van der Waals surface area contributed by atoms with Crippen molar-refractivity contribution in [3.05, 3.63) is 126 Å². The fraction of sp³-hybridized carbons (Fsp3) is 0.194. The number of aryl methyl sites for hydroxylation is 1. The third-order valence-corrected chi connectivity index (χ3v) is 10.3. The van der Waals surface area contributed by atoms with E-state index < -0.39 is 8.07 Å². The van der Waals surface area contributed by atoms with Gasteiger partial charge in [0.25, 0.3) is 0 Å². The first kappa shape index (κ1) is 23.7. The van der Waals surface area contributed by atoms with E-state index in [2.05, 4.69) is 105 Å². The molecular weight excluding hydrogens is 428 g/mol. The highest BCUT2D eigenvalue weighted by atomic mass is 28.3. The number of hydrogen-bond donors (Lipinski definition) is 0. The van der Waals surface area contributed by atoms with Crippen molar-refractivity contribution in [2.24, 2.45) is 4.99 Å². The van der Waals surface area contributed by atoms with Crippen molar-refractivity contribution >= 4 is 30.2 Å². The second-order valence-electron chi connectivity index (χ2n) is 9.39. The van der Waals surface area contributed by atoms with E-state index in [0.29, 0.717) is 6.54 Å². The van der Waals surface area contributed by atoms with E-state index in [9.17, 15) is 0 Å². The van der Waals surface area contributed by atoms with Gasteiger partial charge in [-0.25, -0.2) is 0 Å². The van der Waals surface area contributed by atoms with Crippen molar-refractivity contribution in [2.75, 3.05) is 24.5 Å². The van der Waals surface area contributed by atoms with E-state index in [4.69, 9.17) is 4.99 Å². The summed E-state index contributed by atoms with van der Waals surface area (Å²) in [5.41, 5.74) is 8.87. The smallest absolute Gasteiger partial charge is 0.114 e. The maximum atomic E-state index is 4.73. The second-order valence-corrected chi connectivity index (χ2v) is 13.7. The molecule has 0 radical (unpaired) electrons. The summed E-state index contributed by atoms with van der Waals surface area (Å²) in [5, 5.41) is 2.91. The SMILES string of the molecule is C=CCN=C1C=CC2=C(c3ccccc3C)c3ccc(N(CC=C)CC=C)cc3[Si](C)(C)C2=C1. The molecule has 3 heteroatoms. The monoisotopic (exact) mass is 462 g/mol. The first-order chi connectivity index (χ1) is 16.4. The van der Waals surface area contributed by atoms with Crippen LogP contribution < -0.4 is 10.1 Å². The van der Waals surface area contributed by atoms with Gasteiger partial charge in [0.2, 0.25) is 0 Å². The lowest BCUT2D eigenvalue weighted by Crippen LogP contribution is -2.49. The van der Waals surface area contributed by atoms with E-state index in [0.717, 1.165) is 18.8 Å². The highest BCUT2D eigenvalue weighted by Gasteiger charge is 2.40. The lowest BCUT2D eigenvalue weighted by atomic mass is 9.87. The van der Waals surface area contributed by atoms with Crippen LogP contribution in [0.25, 0.3) is 5.57 Å². The van der Waals surface area contributed by atoms with Gasteiger partial charge in [0.1, 0.15) is 8.07 Å². The lowest BCUT2D eigenvalue weighted by Gasteiger charge is -2.39. The van der Waals surface area contributed by atoms with Crippen LogP contribution >= 0.6 is 0 Å². The standard InChI is InChI=1S/C31H34N2Si/c1-7-18-32-24-14-16-27-29(21-24)34(5,6)30-22-25(33(19-8-2)20-9-3)15-17-28(30)31(27)26-13-11-10-12-23(26)4/h7-17,21-22H,1-3,18-20H2,4-6H3. The van der Waals surface area contributed by atoms with Crippen molar-refractivity contribution in [1.82, 2.24) is 0 Å². The van der Waals surface area contributed by atoms with Gasteiger partial charge in [-0.05, 0) is 69.4 Å². The molecule has 0 saturated heterocycles. The van der Waals surface area contributed by atoms with Crippen LogP contribution in [0.4, 0.5) is 5.69 Å². The summed E-state index contributed by atoms with van der Waals surface area (Å²) in [6.07, 6.45) is 12.5. The van der Waals surface area contributed by atoms with Crippen molar-refractivity contribution in [2.45, 2.75) is 20.0 Å². The maximum Gasteiger partial charge on any atom is 0.114 e. The molecule has 0 spiro atoms. The van der Waals surface area contributed by atoms with Gasteiger partial charge < -0.3 is 4.90 Å². The number of benzene rings is 2. The fourth-order valence-electron chi connectivity index (χ4n) is 5.03. The number of fused-ring (bicyclic) bond motifs is 2. The van der Waals surface area contributed by atoms with E-state index in [1.54, 1.807) is 0 Å². The second kappa shape index (κ2) is 9.82. The molecule has 1 heterocycles. The first-order valence-electron chi connectivity index (χ1n) is 11.9. The molecule has 1 aliphatic heterocycles. The minimum Gasteiger partial charge on any atom is -0.364 e. The predicted octanol–water partition coefficient (Wildman–Crippen LogP) is 6.57. The van der Waals surface area contributed by atoms with Gasteiger partial charge in [-0.3, -0.25) is 4.99 Å². The minimum absolute atomic E-state index is 0.633. The van der Waals surface area contributed by atoms with Crippen LogP contribution in [0.5, 0.6) is 0 Å². The van der Waals surface area contributed by atoms with Crippen molar-refractivity contribution in [3.63, 3.8) is 0 Å². The summed E-state index contributed by atoms with van der Waals surface area (Å²) in [6, 6.07) is 15.7. The highest BCUT2D eigenvalue weighted by Crippen LogP contribution is 2.42. The zero-order valence-electron chi connectivity index (χ0n) is 20.6. The number of hydrogen-bond acceptors (Lipinski definition) is 2. The Hall–Kier alpha value is -3.43. The Morgan fingerprint density at radius 1 is 0.912 bits per heavy atom. The minimum atomic E-state index is -2.00. The van der Waals surface area contributed by atoms with Crippen LogP contribution in [-0.4, -0.2) is 33.4 Å². The molecule has 0 fully saturated rings. The molecule has 1 aliphatic carbocycles. The Bertz CT molecular complexity index is 1260. The van der Waals surface area contributed by atoms with Gasteiger partial charge in [0.05, 0.1) is 12.3 Å². The molecule has 2 aromatic rings. The molecule has 0 saturated carbocycles. The lowest BCUT2D eigenvalue weighted by molar-refractivity contribution is 0.957. The third kappa shape index (κ3) is 4.24. The predicted molar refractivity (Wildman–Crippen MR) is 153 cm³/mol. The van der Waals surface area contributed by atoms with Gasteiger partial charge in [0, 0.05) is 18.8 Å². The summed E-state index contributed by atoms with van der Waals surface area (Å²) in [5.74, 6) is 0. The average Bonchev–Trinajstić information content (AvgIpc) is 2.84. The summed E-state index contributed by atoms with van der Waals surface area (Å²) >= 11 is 0. The van der Waals surface area contributed by atoms with Gasteiger partial charge in [-0.15, -0.1) is 19.7 Å². The average molecular weight is 463 g/mol. The van der Waals surface area contributed by atoms with Gasteiger partial charge in [-0.1, -0.05) is 67.7 Å². The first-order valence-corrected chi connectivity index (χ1v) is 14.9. The third-order valence-electron chi connectivity index (χ3n) is 6.77. The quantitative estimate of drug-likeness (QED) is 0.320. The number of aliphatic imine (C=N–C) groups is 1. The Morgan fingerprint density at radius 3 is 2.32 bits per heavy atom. The summed E-state index contributed by atoms with van der Waals surface area (Å²) < 4.78 is 0. The Balaban J connectivity index is 2.00. The molecule has 0 N–H and O–H groups in total. The zero-order valence-corrected chi connectivity index (χ0v) is 21.6. The summed E-state index contributed by atoms with van der Waals surface area (Å²) in [6.45, 7) is 21.1. The van der Waals surface area contributed by atoms with Crippen LogP contribution in [0.3, 0.4) is 0 Å². The normalized spacial score (nSPS) is 17.0.